The highest BCUT2D eigenvalue weighted by Gasteiger charge is 2.22. The fraction of sp³-hybridized carbons (Fsp3) is 0.667. The first-order valence-corrected chi connectivity index (χ1v) is 4.01. The largest absolute Gasteiger partial charge is 0.302 e. The summed E-state index contributed by atoms with van der Waals surface area (Å²) in [6.07, 6.45) is 9.06. The summed E-state index contributed by atoms with van der Waals surface area (Å²) in [7, 11) is 0. The minimum absolute atomic E-state index is 0.142. The van der Waals surface area contributed by atoms with E-state index in [0.29, 0.717) is 0 Å². The number of aldehydes is 1. The molecule has 0 spiro atoms. The summed E-state index contributed by atoms with van der Waals surface area (Å²) in [5.74, 6) is 2.58. The van der Waals surface area contributed by atoms with E-state index in [4.69, 9.17) is 6.42 Å². The third-order valence-corrected chi connectivity index (χ3v) is 2.11. The molecule has 2 nitrogen and oxygen atoms in total. The summed E-state index contributed by atoms with van der Waals surface area (Å²) in [5.41, 5.74) is 0. The van der Waals surface area contributed by atoms with Crippen molar-refractivity contribution in [2.45, 2.75) is 25.3 Å². The smallest absolute Gasteiger partial charge is 0.137 e. The summed E-state index contributed by atoms with van der Waals surface area (Å²) >= 11 is 0. The lowest BCUT2D eigenvalue weighted by Gasteiger charge is -2.17. The van der Waals surface area contributed by atoms with Crippen LogP contribution in [0, 0.1) is 12.3 Å². The van der Waals surface area contributed by atoms with Crippen molar-refractivity contribution in [3.05, 3.63) is 0 Å². The van der Waals surface area contributed by atoms with Crippen LogP contribution in [-0.4, -0.2) is 30.3 Å². The molecule has 0 radical (unpaired) electrons. The molecule has 2 heteroatoms. The molecule has 11 heavy (non-hydrogen) atoms. The SMILES string of the molecule is C#CCCN1CCC[C@H]1C=O. The zero-order valence-corrected chi connectivity index (χ0v) is 6.62. The maximum Gasteiger partial charge on any atom is 0.137 e. The third-order valence-electron chi connectivity index (χ3n) is 2.11. The Morgan fingerprint density at radius 2 is 2.55 bits per heavy atom. The fourth-order valence-corrected chi connectivity index (χ4v) is 1.49. The second kappa shape index (κ2) is 4.15. The molecule has 0 amide bonds. The average molecular weight is 151 g/mol. The van der Waals surface area contributed by atoms with E-state index in [-0.39, 0.29) is 6.04 Å². The van der Waals surface area contributed by atoms with E-state index in [1.54, 1.807) is 0 Å². The number of likely N-dealkylation sites (tertiary alicyclic amines) is 1. The van der Waals surface area contributed by atoms with Gasteiger partial charge in [-0.2, -0.15) is 0 Å². The number of terminal acetylenes is 1. The van der Waals surface area contributed by atoms with Gasteiger partial charge in [0.1, 0.15) is 6.29 Å². The summed E-state index contributed by atoms with van der Waals surface area (Å²) in [4.78, 5) is 12.6. The van der Waals surface area contributed by atoms with Gasteiger partial charge in [0.15, 0.2) is 0 Å². The van der Waals surface area contributed by atoms with E-state index in [2.05, 4.69) is 10.8 Å². The van der Waals surface area contributed by atoms with Gasteiger partial charge in [-0.15, -0.1) is 12.3 Å². The van der Waals surface area contributed by atoms with E-state index in [0.717, 1.165) is 38.6 Å². The molecule has 1 atom stereocenters. The Hall–Kier alpha value is -0.810. The Bertz CT molecular complexity index is 171. The fourth-order valence-electron chi connectivity index (χ4n) is 1.49. The van der Waals surface area contributed by atoms with Crippen LogP contribution >= 0.6 is 0 Å². The van der Waals surface area contributed by atoms with Crippen LogP contribution in [0.25, 0.3) is 0 Å². The first-order valence-electron chi connectivity index (χ1n) is 4.01. The lowest BCUT2D eigenvalue weighted by molar-refractivity contribution is -0.111. The predicted octanol–water partition coefficient (Wildman–Crippen LogP) is 0.673. The molecule has 0 aliphatic carbocycles. The van der Waals surface area contributed by atoms with Gasteiger partial charge in [0.2, 0.25) is 0 Å². The van der Waals surface area contributed by atoms with Gasteiger partial charge in [-0.25, -0.2) is 0 Å². The van der Waals surface area contributed by atoms with Gasteiger partial charge in [-0.3, -0.25) is 4.90 Å². The van der Waals surface area contributed by atoms with E-state index in [9.17, 15) is 4.79 Å². The maximum absolute atomic E-state index is 10.5. The Labute approximate surface area is 67.6 Å². The number of hydrogen-bond donors (Lipinski definition) is 0. The molecular formula is C9H13NO. The van der Waals surface area contributed by atoms with Gasteiger partial charge in [0, 0.05) is 13.0 Å². The highest BCUT2D eigenvalue weighted by molar-refractivity contribution is 5.58. The number of carbonyl (C=O) groups is 1. The molecule has 1 aliphatic heterocycles. The van der Waals surface area contributed by atoms with E-state index < -0.39 is 0 Å². The minimum atomic E-state index is 0.142. The molecule has 0 unspecified atom stereocenters. The van der Waals surface area contributed by atoms with E-state index in [1.165, 1.54) is 0 Å². The monoisotopic (exact) mass is 151 g/mol. The van der Waals surface area contributed by atoms with Crippen molar-refractivity contribution in [1.82, 2.24) is 4.90 Å². The van der Waals surface area contributed by atoms with Gasteiger partial charge < -0.3 is 4.79 Å². The Balaban J connectivity index is 2.32. The van der Waals surface area contributed by atoms with Crippen molar-refractivity contribution < 1.29 is 4.79 Å². The third kappa shape index (κ3) is 2.06. The van der Waals surface area contributed by atoms with E-state index >= 15 is 0 Å². The van der Waals surface area contributed by atoms with Crippen LogP contribution in [0.3, 0.4) is 0 Å². The zero-order valence-electron chi connectivity index (χ0n) is 6.62. The Kier molecular flexibility index (Phi) is 3.13. The maximum atomic E-state index is 10.5. The molecule has 0 saturated carbocycles. The van der Waals surface area contributed by atoms with Crippen molar-refractivity contribution in [2.75, 3.05) is 13.1 Å². The van der Waals surface area contributed by atoms with Crippen molar-refractivity contribution >= 4 is 6.29 Å². The molecule has 0 bridgehead atoms. The van der Waals surface area contributed by atoms with Gasteiger partial charge in [-0.05, 0) is 19.4 Å². The number of carbonyl (C=O) groups excluding carboxylic acids is 1. The van der Waals surface area contributed by atoms with Crippen LogP contribution in [-0.2, 0) is 4.79 Å². The first-order chi connectivity index (χ1) is 5.38. The van der Waals surface area contributed by atoms with Crippen molar-refractivity contribution in [3.8, 4) is 12.3 Å². The van der Waals surface area contributed by atoms with Crippen LogP contribution in [0.5, 0.6) is 0 Å². The molecule has 1 saturated heterocycles. The lowest BCUT2D eigenvalue weighted by atomic mass is 10.2. The second-order valence-corrected chi connectivity index (χ2v) is 2.84. The van der Waals surface area contributed by atoms with Crippen molar-refractivity contribution in [3.63, 3.8) is 0 Å². The Morgan fingerprint density at radius 3 is 3.18 bits per heavy atom. The highest BCUT2D eigenvalue weighted by Crippen LogP contribution is 2.14. The summed E-state index contributed by atoms with van der Waals surface area (Å²) in [6.45, 7) is 1.91. The molecule has 0 aromatic rings. The first kappa shape index (κ1) is 8.29. The lowest BCUT2D eigenvalue weighted by Crippen LogP contribution is -2.31. The number of hydrogen-bond acceptors (Lipinski definition) is 2. The molecule has 1 fully saturated rings. The van der Waals surface area contributed by atoms with Gasteiger partial charge in [-0.1, -0.05) is 0 Å². The average Bonchev–Trinajstić information content (AvgIpc) is 2.47. The van der Waals surface area contributed by atoms with Crippen LogP contribution in [0.2, 0.25) is 0 Å². The predicted molar refractivity (Wildman–Crippen MR) is 44.1 cm³/mol. The normalized spacial score (nSPS) is 24.8. The second-order valence-electron chi connectivity index (χ2n) is 2.84. The van der Waals surface area contributed by atoms with Crippen LogP contribution in [0.4, 0.5) is 0 Å². The number of rotatable bonds is 3. The molecule has 0 aromatic heterocycles. The molecule has 0 N–H and O–H groups in total. The zero-order chi connectivity index (χ0) is 8.10. The van der Waals surface area contributed by atoms with Crippen molar-refractivity contribution in [1.29, 1.82) is 0 Å². The van der Waals surface area contributed by atoms with E-state index in [1.807, 2.05) is 0 Å². The van der Waals surface area contributed by atoms with Gasteiger partial charge in [0.25, 0.3) is 0 Å². The molecule has 1 heterocycles. The quantitative estimate of drug-likeness (QED) is 0.436. The molecule has 1 aliphatic rings. The molecule has 1 rings (SSSR count). The van der Waals surface area contributed by atoms with Gasteiger partial charge in [0.05, 0.1) is 6.04 Å². The molecule has 0 aromatic carbocycles. The Morgan fingerprint density at radius 1 is 1.73 bits per heavy atom. The van der Waals surface area contributed by atoms with Crippen LogP contribution in [0.1, 0.15) is 19.3 Å². The van der Waals surface area contributed by atoms with Crippen LogP contribution in [0.15, 0.2) is 0 Å². The molecular weight excluding hydrogens is 138 g/mol. The molecule has 60 valence electrons. The van der Waals surface area contributed by atoms with Gasteiger partial charge >= 0.3 is 0 Å². The topological polar surface area (TPSA) is 20.3 Å². The minimum Gasteiger partial charge on any atom is -0.302 e. The summed E-state index contributed by atoms with van der Waals surface area (Å²) < 4.78 is 0. The summed E-state index contributed by atoms with van der Waals surface area (Å²) in [6, 6.07) is 0.142. The standard InChI is InChI=1S/C9H13NO/c1-2-3-6-10-7-4-5-9(10)8-11/h1,8-9H,3-7H2/t9-/m0/s1. The summed E-state index contributed by atoms with van der Waals surface area (Å²) in [5, 5.41) is 0. The highest BCUT2D eigenvalue weighted by atomic mass is 16.1. The number of nitrogens with zero attached hydrogens (tertiary/aromatic N) is 1. The van der Waals surface area contributed by atoms with Crippen molar-refractivity contribution in [2.24, 2.45) is 0 Å². The van der Waals surface area contributed by atoms with Crippen LogP contribution < -0.4 is 0 Å².